The Morgan fingerprint density at radius 1 is 0.545 bits per heavy atom. The van der Waals surface area contributed by atoms with E-state index in [1.165, 1.54) is 38.8 Å². The van der Waals surface area contributed by atoms with Crippen LogP contribution >= 0.6 is 0 Å². The molecular weight excluding hydrogens is 579 g/mol. The molecule has 0 unspecified atom stereocenters. The maximum absolute atomic E-state index is 4.64. The van der Waals surface area contributed by atoms with E-state index in [0.717, 1.165) is 16.3 Å². The molecule has 0 fully saturated rings. The van der Waals surface area contributed by atoms with Crippen molar-refractivity contribution in [2.45, 2.75) is 0 Å². The first kappa shape index (κ1) is 21.3. The molecule has 0 atom stereocenters. The molecule has 0 spiro atoms. The van der Waals surface area contributed by atoms with Crippen molar-refractivity contribution in [2.75, 3.05) is 0 Å². The number of pyridine rings is 1. The minimum Gasteiger partial charge on any atom is -0.304 e. The summed E-state index contributed by atoms with van der Waals surface area (Å²) in [6.07, 6.45) is 1.85. The molecule has 5 aromatic carbocycles. The van der Waals surface area contributed by atoms with E-state index in [9.17, 15) is 0 Å². The first-order valence-electron chi connectivity index (χ1n) is 10.8. The molecule has 33 heavy (non-hydrogen) atoms. The predicted octanol–water partition coefficient (Wildman–Crippen LogP) is 8.19. The molecule has 159 valence electrons. The summed E-state index contributed by atoms with van der Waals surface area (Å²) in [5.74, 6) is 0. The molecule has 0 bridgehead atoms. The van der Waals surface area contributed by atoms with Crippen LogP contribution in [0.4, 0.5) is 0 Å². The van der Waals surface area contributed by atoms with E-state index in [1.807, 2.05) is 18.3 Å². The fourth-order valence-corrected chi connectivity index (χ4v) is 4.44. The Morgan fingerprint density at radius 3 is 1.85 bits per heavy atom. The van der Waals surface area contributed by atoms with Crippen LogP contribution < -0.4 is 0 Å². The second kappa shape index (κ2) is 9.11. The zero-order chi connectivity index (χ0) is 21.3. The van der Waals surface area contributed by atoms with E-state index in [0.29, 0.717) is 0 Å². The molecule has 1 radical (unpaired) electrons. The Morgan fingerprint density at radius 2 is 1.18 bits per heavy atom. The largest absolute Gasteiger partial charge is 0.304 e. The van der Waals surface area contributed by atoms with Gasteiger partial charge >= 0.3 is 0 Å². The number of aromatic nitrogens is 1. The standard InChI is InChI=1S/C31H20N.Ir/c1-3-9-22(10-4-1)25-19-26(23-11-5-2-6-12-23)21-27(20-25)28-14-7-15-30-29(28)17-16-24-13-8-18-32-31(24)30;/h1-14,16-21H;/q-1;. The van der Waals surface area contributed by atoms with E-state index in [1.54, 1.807) is 0 Å². The van der Waals surface area contributed by atoms with Crippen LogP contribution in [0.25, 0.3) is 55.1 Å². The second-order valence-corrected chi connectivity index (χ2v) is 7.99. The topological polar surface area (TPSA) is 12.9 Å². The summed E-state index contributed by atoms with van der Waals surface area (Å²) in [7, 11) is 0. The minimum atomic E-state index is 0. The Hall–Kier alpha value is -3.58. The normalized spacial score (nSPS) is 10.8. The third-order valence-electron chi connectivity index (χ3n) is 6.00. The SMILES string of the molecule is [Ir].[c-]1ccc(-c2cc(-c3ccccc3)cc(-c3ccccc3)c2)c2ccc3cccnc3c12. The summed E-state index contributed by atoms with van der Waals surface area (Å²) >= 11 is 0. The zero-order valence-corrected chi connectivity index (χ0v) is 20.2. The molecule has 0 saturated carbocycles. The molecule has 1 nitrogen and oxygen atoms in total. The Kier molecular flexibility index (Phi) is 5.88. The fourth-order valence-electron chi connectivity index (χ4n) is 4.44. The van der Waals surface area contributed by atoms with E-state index >= 15 is 0 Å². The van der Waals surface area contributed by atoms with Gasteiger partial charge in [-0.2, -0.15) is 0 Å². The molecule has 0 aliphatic carbocycles. The minimum absolute atomic E-state index is 0. The number of hydrogen-bond acceptors (Lipinski definition) is 1. The first-order valence-corrected chi connectivity index (χ1v) is 10.8. The van der Waals surface area contributed by atoms with Crippen LogP contribution in [0.5, 0.6) is 0 Å². The van der Waals surface area contributed by atoms with Crippen LogP contribution in [-0.2, 0) is 20.1 Å². The van der Waals surface area contributed by atoms with Gasteiger partial charge in [-0.05, 0) is 63.0 Å². The number of fused-ring (bicyclic) bond motifs is 3. The van der Waals surface area contributed by atoms with Gasteiger partial charge in [0, 0.05) is 26.3 Å². The van der Waals surface area contributed by atoms with Crippen molar-refractivity contribution in [3.8, 4) is 33.4 Å². The molecule has 6 rings (SSSR count). The number of hydrogen-bond donors (Lipinski definition) is 0. The molecule has 6 aromatic rings. The fraction of sp³-hybridized carbons (Fsp3) is 0. The molecule has 0 aliphatic heterocycles. The number of rotatable bonds is 3. The summed E-state index contributed by atoms with van der Waals surface area (Å²) in [5.41, 5.74) is 8.23. The monoisotopic (exact) mass is 599 g/mol. The third-order valence-corrected chi connectivity index (χ3v) is 6.00. The van der Waals surface area contributed by atoms with Crippen LogP contribution in [0, 0.1) is 6.07 Å². The molecule has 0 saturated heterocycles. The summed E-state index contributed by atoms with van der Waals surface area (Å²) in [4.78, 5) is 4.64. The van der Waals surface area contributed by atoms with Gasteiger partial charge in [0.15, 0.2) is 0 Å². The van der Waals surface area contributed by atoms with Gasteiger partial charge in [0.2, 0.25) is 0 Å². The van der Waals surface area contributed by atoms with Gasteiger partial charge in [-0.3, -0.25) is 0 Å². The molecule has 1 heterocycles. The maximum atomic E-state index is 4.64. The van der Waals surface area contributed by atoms with Crippen molar-refractivity contribution in [2.24, 2.45) is 0 Å². The maximum Gasteiger partial charge on any atom is 0.0161 e. The number of benzene rings is 5. The smallest absolute Gasteiger partial charge is 0.0161 e. The molecule has 2 heteroatoms. The molecule has 0 N–H and O–H groups in total. The summed E-state index contributed by atoms with van der Waals surface area (Å²) in [6.45, 7) is 0. The van der Waals surface area contributed by atoms with Gasteiger partial charge in [-0.1, -0.05) is 89.8 Å². The predicted molar refractivity (Wildman–Crippen MR) is 134 cm³/mol. The summed E-state index contributed by atoms with van der Waals surface area (Å²) < 4.78 is 0. The Labute approximate surface area is 207 Å². The summed E-state index contributed by atoms with van der Waals surface area (Å²) in [5, 5.41) is 3.37. The quantitative estimate of drug-likeness (QED) is 0.148. The Balaban J connectivity index is 0.00000228. The number of nitrogens with zero attached hydrogens (tertiary/aromatic N) is 1. The van der Waals surface area contributed by atoms with E-state index in [2.05, 4.69) is 114 Å². The van der Waals surface area contributed by atoms with Crippen LogP contribution in [0.2, 0.25) is 0 Å². The van der Waals surface area contributed by atoms with Gasteiger partial charge in [0.25, 0.3) is 0 Å². The van der Waals surface area contributed by atoms with Gasteiger partial charge in [0.05, 0.1) is 0 Å². The average Bonchev–Trinajstić information content (AvgIpc) is 2.89. The van der Waals surface area contributed by atoms with Crippen molar-refractivity contribution in [3.05, 3.63) is 128 Å². The summed E-state index contributed by atoms with van der Waals surface area (Å²) in [6, 6.07) is 44.1. The Bertz CT molecular complexity index is 1500. The zero-order valence-electron chi connectivity index (χ0n) is 17.8. The van der Waals surface area contributed by atoms with Crippen LogP contribution in [-0.4, -0.2) is 4.98 Å². The average molecular weight is 599 g/mol. The van der Waals surface area contributed by atoms with Crippen molar-refractivity contribution >= 4 is 21.7 Å². The molecule has 0 aliphatic rings. The van der Waals surface area contributed by atoms with Crippen molar-refractivity contribution in [1.29, 1.82) is 0 Å². The van der Waals surface area contributed by atoms with Crippen LogP contribution in [0.1, 0.15) is 0 Å². The third kappa shape index (κ3) is 4.00. The van der Waals surface area contributed by atoms with Gasteiger partial charge in [0.1, 0.15) is 0 Å². The van der Waals surface area contributed by atoms with Crippen LogP contribution in [0.3, 0.4) is 0 Å². The van der Waals surface area contributed by atoms with Crippen molar-refractivity contribution in [3.63, 3.8) is 0 Å². The van der Waals surface area contributed by atoms with Crippen LogP contribution in [0.15, 0.2) is 121 Å². The molecular formula is C31H20IrN-. The van der Waals surface area contributed by atoms with Gasteiger partial charge in [-0.15, -0.1) is 23.6 Å². The van der Waals surface area contributed by atoms with E-state index < -0.39 is 0 Å². The van der Waals surface area contributed by atoms with Gasteiger partial charge < -0.3 is 4.98 Å². The molecule has 0 amide bonds. The second-order valence-electron chi connectivity index (χ2n) is 7.99. The molecule has 1 aromatic heterocycles. The van der Waals surface area contributed by atoms with Crippen molar-refractivity contribution < 1.29 is 20.1 Å². The van der Waals surface area contributed by atoms with E-state index in [-0.39, 0.29) is 20.1 Å². The van der Waals surface area contributed by atoms with E-state index in [4.69, 9.17) is 0 Å². The van der Waals surface area contributed by atoms with Crippen molar-refractivity contribution in [1.82, 2.24) is 4.98 Å². The van der Waals surface area contributed by atoms with Gasteiger partial charge in [-0.25, -0.2) is 0 Å². The first-order chi connectivity index (χ1) is 15.9.